The minimum absolute atomic E-state index is 0.497. The molecular formula is C20H23N5. The van der Waals surface area contributed by atoms with E-state index in [4.69, 9.17) is 0 Å². The molecule has 0 unspecified atom stereocenters. The molecule has 1 fully saturated rings. The molecule has 0 saturated carbocycles. The maximum absolute atomic E-state index is 4.12. The lowest BCUT2D eigenvalue weighted by atomic mass is 10.0. The Bertz CT molecular complexity index is 777. The maximum Gasteiger partial charge on any atom is 0.0894 e. The van der Waals surface area contributed by atoms with E-state index in [1.165, 1.54) is 5.56 Å². The molecule has 3 aromatic rings. The van der Waals surface area contributed by atoms with E-state index in [0.29, 0.717) is 6.04 Å². The van der Waals surface area contributed by atoms with E-state index in [0.717, 1.165) is 43.9 Å². The van der Waals surface area contributed by atoms with Gasteiger partial charge in [-0.15, -0.1) is 5.10 Å². The van der Waals surface area contributed by atoms with Crippen LogP contribution in [0.2, 0.25) is 0 Å². The van der Waals surface area contributed by atoms with Crippen molar-refractivity contribution in [3.8, 4) is 5.69 Å². The molecule has 5 heteroatoms. The smallest absolute Gasteiger partial charge is 0.0894 e. The van der Waals surface area contributed by atoms with Gasteiger partial charge in [0.1, 0.15) is 0 Å². The molecule has 1 N–H and O–H groups in total. The second kappa shape index (κ2) is 7.49. The van der Waals surface area contributed by atoms with Crippen molar-refractivity contribution in [3.05, 3.63) is 72.6 Å². The van der Waals surface area contributed by atoms with Crippen molar-refractivity contribution in [1.82, 2.24) is 19.9 Å². The molecule has 5 nitrogen and oxygen atoms in total. The number of nitrogens with one attached hydrogen (secondary N) is 1. The van der Waals surface area contributed by atoms with Gasteiger partial charge >= 0.3 is 0 Å². The van der Waals surface area contributed by atoms with Gasteiger partial charge < -0.3 is 5.32 Å². The van der Waals surface area contributed by atoms with E-state index >= 15 is 0 Å². The second-order valence-electron chi connectivity index (χ2n) is 6.55. The highest BCUT2D eigenvalue weighted by molar-refractivity contribution is 5.61. The first-order valence-electron chi connectivity index (χ1n) is 8.87. The first kappa shape index (κ1) is 15.8. The van der Waals surface area contributed by atoms with Crippen molar-refractivity contribution in [2.24, 2.45) is 0 Å². The Hall–Kier alpha value is -2.66. The average Bonchev–Trinajstić information content (AvgIpc) is 3.19. The molecule has 25 heavy (non-hydrogen) atoms. The summed E-state index contributed by atoms with van der Waals surface area (Å²) in [5.41, 5.74) is 3.56. The summed E-state index contributed by atoms with van der Waals surface area (Å²) in [4.78, 5) is 2.54. The Morgan fingerprint density at radius 2 is 1.72 bits per heavy atom. The van der Waals surface area contributed by atoms with Gasteiger partial charge in [0, 0.05) is 25.7 Å². The molecule has 0 bridgehead atoms. The third kappa shape index (κ3) is 3.88. The largest absolute Gasteiger partial charge is 0.380 e. The van der Waals surface area contributed by atoms with Gasteiger partial charge in [-0.25, -0.2) is 4.68 Å². The van der Waals surface area contributed by atoms with Gasteiger partial charge in [-0.1, -0.05) is 47.7 Å². The fraction of sp³-hybridized carbons (Fsp3) is 0.300. The summed E-state index contributed by atoms with van der Waals surface area (Å²) in [5, 5.41) is 11.7. The quantitative estimate of drug-likeness (QED) is 0.778. The van der Waals surface area contributed by atoms with E-state index in [9.17, 15) is 0 Å². The third-order valence-corrected chi connectivity index (χ3v) is 4.77. The molecule has 2 aromatic carbocycles. The van der Waals surface area contributed by atoms with Crippen molar-refractivity contribution >= 4 is 5.69 Å². The molecule has 1 aliphatic rings. The zero-order chi connectivity index (χ0) is 16.9. The van der Waals surface area contributed by atoms with Crippen LogP contribution in [0.1, 0.15) is 18.4 Å². The van der Waals surface area contributed by atoms with Crippen LogP contribution in [0.5, 0.6) is 0 Å². The molecule has 128 valence electrons. The zero-order valence-corrected chi connectivity index (χ0v) is 14.3. The number of aromatic nitrogens is 3. The number of anilines is 1. The molecule has 4 rings (SSSR count). The van der Waals surface area contributed by atoms with Crippen LogP contribution >= 0.6 is 0 Å². The van der Waals surface area contributed by atoms with Crippen molar-refractivity contribution in [1.29, 1.82) is 0 Å². The first-order valence-corrected chi connectivity index (χ1v) is 8.87. The Balaban J connectivity index is 1.36. The number of rotatable bonds is 5. The Labute approximate surface area is 148 Å². The predicted octanol–water partition coefficient (Wildman–Crippen LogP) is 3.34. The lowest BCUT2D eigenvalue weighted by Crippen LogP contribution is -2.38. The molecule has 0 amide bonds. The van der Waals surface area contributed by atoms with Crippen LogP contribution in [0.4, 0.5) is 5.69 Å². The highest BCUT2D eigenvalue weighted by atomic mass is 15.4. The molecule has 0 aliphatic carbocycles. The monoisotopic (exact) mass is 333 g/mol. The Kier molecular flexibility index (Phi) is 4.74. The Morgan fingerprint density at radius 3 is 2.48 bits per heavy atom. The van der Waals surface area contributed by atoms with Gasteiger partial charge in [0.05, 0.1) is 23.8 Å². The summed E-state index contributed by atoms with van der Waals surface area (Å²) in [7, 11) is 0. The summed E-state index contributed by atoms with van der Waals surface area (Å²) >= 11 is 0. The average molecular weight is 333 g/mol. The number of piperidine rings is 1. The summed E-state index contributed by atoms with van der Waals surface area (Å²) in [5.74, 6) is 0. The lowest BCUT2D eigenvalue weighted by molar-refractivity contribution is 0.211. The van der Waals surface area contributed by atoms with Crippen molar-refractivity contribution in [2.45, 2.75) is 25.4 Å². The maximum atomic E-state index is 4.12. The topological polar surface area (TPSA) is 46.0 Å². The molecule has 1 aromatic heterocycles. The normalized spacial score (nSPS) is 16.0. The fourth-order valence-electron chi connectivity index (χ4n) is 3.43. The van der Waals surface area contributed by atoms with Gasteiger partial charge in [0.2, 0.25) is 0 Å². The first-order chi connectivity index (χ1) is 12.4. The molecule has 1 saturated heterocycles. The SMILES string of the molecule is c1ccc(CN2CCC(Nc3ccccc3-n3ccnn3)CC2)cc1. The van der Waals surface area contributed by atoms with Gasteiger partial charge in [-0.3, -0.25) is 4.90 Å². The van der Waals surface area contributed by atoms with E-state index in [2.05, 4.69) is 69.1 Å². The van der Waals surface area contributed by atoms with E-state index in [-0.39, 0.29) is 0 Å². The summed E-state index contributed by atoms with van der Waals surface area (Å²) in [6.45, 7) is 3.29. The molecule has 0 atom stereocenters. The van der Waals surface area contributed by atoms with Crippen molar-refractivity contribution in [2.75, 3.05) is 18.4 Å². The van der Waals surface area contributed by atoms with Gasteiger partial charge in [0.25, 0.3) is 0 Å². The number of benzene rings is 2. The van der Waals surface area contributed by atoms with E-state index < -0.39 is 0 Å². The molecule has 2 heterocycles. The van der Waals surface area contributed by atoms with Gasteiger partial charge in [-0.2, -0.15) is 0 Å². The van der Waals surface area contributed by atoms with Gasteiger partial charge in [-0.05, 0) is 30.5 Å². The predicted molar refractivity (Wildman–Crippen MR) is 99.7 cm³/mol. The number of hydrogen-bond acceptors (Lipinski definition) is 4. The van der Waals surface area contributed by atoms with E-state index in [1.54, 1.807) is 6.20 Å². The summed E-state index contributed by atoms with van der Waals surface area (Å²) in [6, 6.07) is 19.5. The van der Waals surface area contributed by atoms with Crippen molar-refractivity contribution < 1.29 is 0 Å². The minimum atomic E-state index is 0.497. The minimum Gasteiger partial charge on any atom is -0.380 e. The number of nitrogens with zero attached hydrogens (tertiary/aromatic N) is 4. The van der Waals surface area contributed by atoms with E-state index in [1.807, 2.05) is 16.9 Å². The molecule has 0 spiro atoms. The summed E-state index contributed by atoms with van der Waals surface area (Å²) in [6.07, 6.45) is 5.89. The van der Waals surface area contributed by atoms with Crippen LogP contribution in [0.25, 0.3) is 5.69 Å². The van der Waals surface area contributed by atoms with Crippen LogP contribution in [0, 0.1) is 0 Å². The highest BCUT2D eigenvalue weighted by Gasteiger charge is 2.20. The molecular weight excluding hydrogens is 310 g/mol. The molecule has 1 aliphatic heterocycles. The van der Waals surface area contributed by atoms with Crippen molar-refractivity contribution in [3.63, 3.8) is 0 Å². The molecule has 0 radical (unpaired) electrons. The lowest BCUT2D eigenvalue weighted by Gasteiger charge is -2.33. The zero-order valence-electron chi connectivity index (χ0n) is 14.3. The van der Waals surface area contributed by atoms with Crippen LogP contribution in [-0.4, -0.2) is 39.0 Å². The number of hydrogen-bond donors (Lipinski definition) is 1. The highest BCUT2D eigenvalue weighted by Crippen LogP contribution is 2.23. The van der Waals surface area contributed by atoms with Crippen LogP contribution < -0.4 is 5.32 Å². The second-order valence-corrected chi connectivity index (χ2v) is 6.55. The number of para-hydroxylation sites is 2. The Morgan fingerprint density at radius 1 is 0.960 bits per heavy atom. The fourth-order valence-corrected chi connectivity index (χ4v) is 3.43. The van der Waals surface area contributed by atoms with Crippen LogP contribution in [0.15, 0.2) is 67.0 Å². The van der Waals surface area contributed by atoms with Gasteiger partial charge in [0.15, 0.2) is 0 Å². The standard InChI is InChI=1S/C20H23N5/c1-2-6-17(7-3-1)16-24-13-10-18(11-14-24)22-19-8-4-5-9-20(19)25-15-12-21-23-25/h1-9,12,15,18,22H,10-11,13-14,16H2. The van der Waals surface area contributed by atoms with Crippen LogP contribution in [-0.2, 0) is 6.54 Å². The number of likely N-dealkylation sites (tertiary alicyclic amines) is 1. The third-order valence-electron chi connectivity index (χ3n) is 4.77. The van der Waals surface area contributed by atoms with Crippen LogP contribution in [0.3, 0.4) is 0 Å². The summed E-state index contributed by atoms with van der Waals surface area (Å²) < 4.78 is 1.81.